The fraction of sp³-hybridized carbons (Fsp3) is 0.500. The maximum absolute atomic E-state index is 12.1. The average molecular weight is 291 g/mol. The van der Waals surface area contributed by atoms with Gasteiger partial charge in [0.1, 0.15) is 4.90 Å². The van der Waals surface area contributed by atoms with Gasteiger partial charge in [0.05, 0.1) is 0 Å². The Balaban J connectivity index is 1.77. The number of fused-ring (bicyclic) bond motifs is 2. The standard InChI is InChI=1S/C14H17N3O2S/c1-9-12-7-15-6-10(12)8-17(9)14-11-4-2-3-5-13(11)20(18,19)16-14/h2-5,9-10,12,15H,6-8H2,1H3. The number of nitrogens with zero attached hydrogens (tertiary/aromatic N) is 2. The summed E-state index contributed by atoms with van der Waals surface area (Å²) in [7, 11) is -3.51. The van der Waals surface area contributed by atoms with Crippen LogP contribution >= 0.6 is 0 Å². The van der Waals surface area contributed by atoms with Crippen LogP contribution in [0, 0.1) is 11.8 Å². The van der Waals surface area contributed by atoms with Crippen LogP contribution < -0.4 is 5.32 Å². The Kier molecular flexibility index (Phi) is 2.50. The van der Waals surface area contributed by atoms with E-state index in [-0.39, 0.29) is 0 Å². The van der Waals surface area contributed by atoms with E-state index in [0.717, 1.165) is 25.2 Å². The van der Waals surface area contributed by atoms with Crippen LogP contribution in [0.5, 0.6) is 0 Å². The van der Waals surface area contributed by atoms with Gasteiger partial charge in [0.2, 0.25) is 0 Å². The molecule has 106 valence electrons. The number of amidine groups is 1. The van der Waals surface area contributed by atoms with Crippen LogP contribution in [0.25, 0.3) is 0 Å². The second-order valence-electron chi connectivity index (χ2n) is 5.86. The fourth-order valence-corrected chi connectivity index (χ4v) is 4.96. The molecule has 3 aliphatic rings. The smallest absolute Gasteiger partial charge is 0.285 e. The zero-order valence-corrected chi connectivity index (χ0v) is 12.1. The highest BCUT2D eigenvalue weighted by Crippen LogP contribution is 2.36. The van der Waals surface area contributed by atoms with Crippen LogP contribution in [-0.4, -0.2) is 44.8 Å². The van der Waals surface area contributed by atoms with Gasteiger partial charge < -0.3 is 10.2 Å². The molecule has 1 N–H and O–H groups in total. The molecule has 0 saturated carbocycles. The number of rotatable bonds is 0. The van der Waals surface area contributed by atoms with E-state index in [1.165, 1.54) is 0 Å². The summed E-state index contributed by atoms with van der Waals surface area (Å²) in [6, 6.07) is 7.46. The topological polar surface area (TPSA) is 61.8 Å². The van der Waals surface area contributed by atoms with Gasteiger partial charge in [-0.15, -0.1) is 4.40 Å². The molecule has 2 saturated heterocycles. The van der Waals surface area contributed by atoms with Gasteiger partial charge in [0.25, 0.3) is 10.0 Å². The molecule has 0 aromatic heterocycles. The van der Waals surface area contributed by atoms with Gasteiger partial charge in [0, 0.05) is 31.2 Å². The molecule has 20 heavy (non-hydrogen) atoms. The van der Waals surface area contributed by atoms with Crippen molar-refractivity contribution >= 4 is 15.9 Å². The maximum atomic E-state index is 12.1. The molecule has 0 amide bonds. The fourth-order valence-electron chi connectivity index (χ4n) is 3.74. The van der Waals surface area contributed by atoms with Crippen molar-refractivity contribution in [3.8, 4) is 0 Å². The molecule has 3 atom stereocenters. The van der Waals surface area contributed by atoms with E-state index in [0.29, 0.717) is 28.6 Å². The second kappa shape index (κ2) is 4.05. The predicted molar refractivity (Wildman–Crippen MR) is 76.2 cm³/mol. The third-order valence-electron chi connectivity index (χ3n) is 4.82. The Morgan fingerprint density at radius 2 is 2.10 bits per heavy atom. The second-order valence-corrected chi connectivity index (χ2v) is 7.43. The number of benzene rings is 1. The summed E-state index contributed by atoms with van der Waals surface area (Å²) in [5.74, 6) is 1.83. The first-order chi connectivity index (χ1) is 9.58. The van der Waals surface area contributed by atoms with Crippen LogP contribution in [0.2, 0.25) is 0 Å². The number of likely N-dealkylation sites (tertiary alicyclic amines) is 1. The number of nitrogens with one attached hydrogen (secondary N) is 1. The minimum Gasteiger partial charge on any atom is -0.352 e. The van der Waals surface area contributed by atoms with E-state index in [1.807, 2.05) is 12.1 Å². The molecule has 3 aliphatic heterocycles. The Morgan fingerprint density at radius 3 is 2.90 bits per heavy atom. The van der Waals surface area contributed by atoms with E-state index in [4.69, 9.17) is 0 Å². The van der Waals surface area contributed by atoms with Crippen LogP contribution in [0.1, 0.15) is 12.5 Å². The van der Waals surface area contributed by atoms with Crippen molar-refractivity contribution in [3.05, 3.63) is 29.8 Å². The minimum absolute atomic E-state index is 0.329. The highest BCUT2D eigenvalue weighted by Gasteiger charge is 2.45. The highest BCUT2D eigenvalue weighted by atomic mass is 32.2. The van der Waals surface area contributed by atoms with Crippen molar-refractivity contribution in [2.75, 3.05) is 19.6 Å². The summed E-state index contributed by atoms with van der Waals surface area (Å²) in [5, 5.41) is 3.42. The first-order valence-corrected chi connectivity index (χ1v) is 8.43. The average Bonchev–Trinajstić information content (AvgIpc) is 3.06. The Bertz CT molecular complexity index is 698. The van der Waals surface area contributed by atoms with E-state index in [1.54, 1.807) is 12.1 Å². The normalized spacial score (nSPS) is 34.0. The Labute approximate surface area is 118 Å². The molecule has 0 aliphatic carbocycles. The molecular formula is C14H17N3O2S. The number of hydrogen-bond acceptors (Lipinski definition) is 4. The molecule has 0 bridgehead atoms. The summed E-state index contributed by atoms with van der Waals surface area (Å²) in [4.78, 5) is 2.52. The van der Waals surface area contributed by atoms with Crippen molar-refractivity contribution in [1.82, 2.24) is 10.2 Å². The highest BCUT2D eigenvalue weighted by molar-refractivity contribution is 7.90. The molecule has 1 aromatic rings. The largest absolute Gasteiger partial charge is 0.352 e. The van der Waals surface area contributed by atoms with Gasteiger partial charge in [-0.1, -0.05) is 12.1 Å². The third kappa shape index (κ3) is 1.58. The summed E-state index contributed by atoms with van der Waals surface area (Å²) in [6.07, 6.45) is 0. The molecule has 3 heterocycles. The maximum Gasteiger partial charge on any atom is 0.285 e. The van der Waals surface area contributed by atoms with Gasteiger partial charge in [-0.3, -0.25) is 0 Å². The summed E-state index contributed by atoms with van der Waals surface area (Å²) in [6.45, 7) is 5.10. The van der Waals surface area contributed by atoms with E-state index in [2.05, 4.69) is 21.5 Å². The molecular weight excluding hydrogens is 274 g/mol. The van der Waals surface area contributed by atoms with Gasteiger partial charge in [-0.25, -0.2) is 0 Å². The van der Waals surface area contributed by atoms with Gasteiger partial charge in [-0.2, -0.15) is 8.42 Å². The van der Waals surface area contributed by atoms with Gasteiger partial charge >= 0.3 is 0 Å². The molecule has 2 fully saturated rings. The zero-order valence-electron chi connectivity index (χ0n) is 11.3. The van der Waals surface area contributed by atoms with Crippen molar-refractivity contribution in [2.24, 2.45) is 16.2 Å². The molecule has 3 unspecified atom stereocenters. The molecule has 0 spiro atoms. The van der Waals surface area contributed by atoms with Crippen molar-refractivity contribution in [1.29, 1.82) is 0 Å². The van der Waals surface area contributed by atoms with E-state index < -0.39 is 10.0 Å². The van der Waals surface area contributed by atoms with Crippen molar-refractivity contribution in [3.63, 3.8) is 0 Å². The number of hydrogen-bond donors (Lipinski definition) is 1. The lowest BCUT2D eigenvalue weighted by atomic mass is 9.95. The quantitative estimate of drug-likeness (QED) is 0.763. The van der Waals surface area contributed by atoms with Crippen LogP contribution in [0.15, 0.2) is 33.6 Å². The summed E-state index contributed by atoms with van der Waals surface area (Å²) < 4.78 is 28.3. The summed E-state index contributed by atoms with van der Waals surface area (Å²) >= 11 is 0. The molecule has 4 rings (SSSR count). The minimum atomic E-state index is -3.51. The molecule has 1 aromatic carbocycles. The monoisotopic (exact) mass is 291 g/mol. The van der Waals surface area contributed by atoms with Gasteiger partial charge in [-0.05, 0) is 30.9 Å². The van der Waals surface area contributed by atoms with Crippen LogP contribution in [0.4, 0.5) is 0 Å². The lowest BCUT2D eigenvalue weighted by Gasteiger charge is -2.26. The molecule has 5 nitrogen and oxygen atoms in total. The third-order valence-corrected chi connectivity index (χ3v) is 6.14. The predicted octanol–water partition coefficient (Wildman–Crippen LogP) is 0.675. The lowest BCUT2D eigenvalue weighted by Crippen LogP contribution is -2.38. The zero-order chi connectivity index (χ0) is 13.9. The SMILES string of the molecule is CC1C2CNCC2CN1C1=NS(=O)(=O)c2ccccc21. The van der Waals surface area contributed by atoms with Crippen LogP contribution in [-0.2, 0) is 10.0 Å². The Hall–Kier alpha value is -1.40. The molecule has 0 radical (unpaired) electrons. The van der Waals surface area contributed by atoms with Crippen molar-refractivity contribution in [2.45, 2.75) is 17.9 Å². The first kappa shape index (κ1) is 12.3. The van der Waals surface area contributed by atoms with Gasteiger partial charge in [0.15, 0.2) is 5.84 Å². The number of sulfonamides is 1. The lowest BCUT2D eigenvalue weighted by molar-refractivity contribution is 0.359. The first-order valence-electron chi connectivity index (χ1n) is 6.99. The van der Waals surface area contributed by atoms with Crippen molar-refractivity contribution < 1.29 is 8.42 Å². The summed E-state index contributed by atoms with van der Waals surface area (Å²) in [5.41, 5.74) is 0.757. The van der Waals surface area contributed by atoms with E-state index >= 15 is 0 Å². The Morgan fingerprint density at radius 1 is 1.30 bits per heavy atom. The van der Waals surface area contributed by atoms with E-state index in [9.17, 15) is 8.42 Å². The van der Waals surface area contributed by atoms with Crippen LogP contribution in [0.3, 0.4) is 0 Å². The molecule has 6 heteroatoms.